The fourth-order valence-corrected chi connectivity index (χ4v) is 2.20. The maximum Gasteiger partial charge on any atom is 0.326 e. The maximum absolute atomic E-state index is 11.8. The van der Waals surface area contributed by atoms with Crippen LogP contribution in [0.2, 0.25) is 0 Å². The van der Waals surface area contributed by atoms with Crippen molar-refractivity contribution >= 4 is 11.9 Å². The second-order valence-electron chi connectivity index (χ2n) is 4.79. The Morgan fingerprint density at radius 3 is 2.47 bits per heavy atom. The zero-order chi connectivity index (χ0) is 11.0. The second kappa shape index (κ2) is 3.83. The summed E-state index contributed by atoms with van der Waals surface area (Å²) in [7, 11) is 0. The molecule has 1 N–H and O–H groups in total. The minimum atomic E-state index is -0.851. The first-order valence-corrected chi connectivity index (χ1v) is 5.63. The highest BCUT2D eigenvalue weighted by Crippen LogP contribution is 2.34. The fourth-order valence-electron chi connectivity index (χ4n) is 2.20. The van der Waals surface area contributed by atoms with Crippen LogP contribution < -0.4 is 0 Å². The van der Waals surface area contributed by atoms with Crippen LogP contribution in [-0.2, 0) is 9.59 Å². The highest BCUT2D eigenvalue weighted by molar-refractivity contribution is 5.86. The van der Waals surface area contributed by atoms with Crippen molar-refractivity contribution in [1.29, 1.82) is 0 Å². The largest absolute Gasteiger partial charge is 0.480 e. The van der Waals surface area contributed by atoms with E-state index in [0.717, 1.165) is 19.3 Å². The third-order valence-electron chi connectivity index (χ3n) is 3.36. The Morgan fingerprint density at radius 1 is 1.27 bits per heavy atom. The van der Waals surface area contributed by atoms with E-state index >= 15 is 0 Å². The van der Waals surface area contributed by atoms with Crippen LogP contribution in [0.15, 0.2) is 0 Å². The van der Waals surface area contributed by atoms with Gasteiger partial charge < -0.3 is 10.0 Å². The van der Waals surface area contributed by atoms with E-state index in [2.05, 4.69) is 6.92 Å². The van der Waals surface area contributed by atoms with Crippen LogP contribution in [0.3, 0.4) is 0 Å². The zero-order valence-electron chi connectivity index (χ0n) is 8.98. The standard InChI is InChI=1S/C11H17NO3/c1-7-4-5-12(9(6-7)11(14)15)10(13)8-2-3-8/h7-9H,2-6H2,1H3,(H,14,15). The van der Waals surface area contributed by atoms with Crippen LogP contribution in [0.5, 0.6) is 0 Å². The molecule has 1 saturated carbocycles. The number of amides is 1. The molecule has 4 nitrogen and oxygen atoms in total. The molecule has 2 fully saturated rings. The normalized spacial score (nSPS) is 31.4. The highest BCUT2D eigenvalue weighted by Gasteiger charge is 2.40. The monoisotopic (exact) mass is 211 g/mol. The van der Waals surface area contributed by atoms with E-state index < -0.39 is 12.0 Å². The first-order chi connectivity index (χ1) is 7.09. The predicted octanol–water partition coefficient (Wildman–Crippen LogP) is 1.11. The lowest BCUT2D eigenvalue weighted by molar-refractivity contribution is -0.153. The van der Waals surface area contributed by atoms with Crippen molar-refractivity contribution in [3.05, 3.63) is 0 Å². The summed E-state index contributed by atoms with van der Waals surface area (Å²) in [6.07, 6.45) is 3.42. The summed E-state index contributed by atoms with van der Waals surface area (Å²) in [5.74, 6) is -0.251. The SMILES string of the molecule is CC1CCN(C(=O)C2CC2)C(C(=O)O)C1. The first kappa shape index (κ1) is 10.5. The molecule has 0 radical (unpaired) electrons. The number of aliphatic carboxylic acids is 1. The minimum Gasteiger partial charge on any atom is -0.480 e. The molecule has 0 aromatic carbocycles. The molecule has 1 amide bonds. The molecule has 2 atom stereocenters. The lowest BCUT2D eigenvalue weighted by atomic mass is 9.92. The number of carbonyl (C=O) groups is 2. The van der Waals surface area contributed by atoms with Crippen LogP contribution in [-0.4, -0.2) is 34.5 Å². The molecule has 0 aromatic rings. The van der Waals surface area contributed by atoms with Gasteiger partial charge in [-0.1, -0.05) is 6.92 Å². The van der Waals surface area contributed by atoms with Gasteiger partial charge in [0.1, 0.15) is 6.04 Å². The van der Waals surface area contributed by atoms with Crippen LogP contribution in [0, 0.1) is 11.8 Å². The van der Waals surface area contributed by atoms with Gasteiger partial charge in [-0.2, -0.15) is 0 Å². The number of carboxylic acid groups (broad SMARTS) is 1. The van der Waals surface area contributed by atoms with Gasteiger partial charge in [-0.25, -0.2) is 4.79 Å². The number of likely N-dealkylation sites (tertiary alicyclic amines) is 1. The van der Waals surface area contributed by atoms with E-state index in [1.54, 1.807) is 4.90 Å². The molecule has 0 spiro atoms. The summed E-state index contributed by atoms with van der Waals surface area (Å²) in [4.78, 5) is 24.5. The summed E-state index contributed by atoms with van der Waals surface area (Å²) in [5.41, 5.74) is 0. The average Bonchev–Trinajstić information content (AvgIpc) is 2.99. The quantitative estimate of drug-likeness (QED) is 0.744. The van der Waals surface area contributed by atoms with Crippen molar-refractivity contribution in [2.24, 2.45) is 11.8 Å². The Hall–Kier alpha value is -1.06. The molecule has 1 heterocycles. The molecular weight excluding hydrogens is 194 g/mol. The van der Waals surface area contributed by atoms with E-state index in [1.165, 1.54) is 0 Å². The lowest BCUT2D eigenvalue weighted by Crippen LogP contribution is -2.50. The van der Waals surface area contributed by atoms with Gasteiger partial charge in [0.25, 0.3) is 0 Å². The Kier molecular flexibility index (Phi) is 2.67. The van der Waals surface area contributed by atoms with E-state index in [1.807, 2.05) is 0 Å². The number of carboxylic acids is 1. The van der Waals surface area contributed by atoms with Gasteiger partial charge in [-0.3, -0.25) is 4.79 Å². The number of hydrogen-bond acceptors (Lipinski definition) is 2. The molecule has 2 aliphatic rings. The Bertz CT molecular complexity index is 286. The van der Waals surface area contributed by atoms with Gasteiger partial charge in [0.2, 0.25) is 5.91 Å². The lowest BCUT2D eigenvalue weighted by Gasteiger charge is -2.36. The molecule has 1 aliphatic heterocycles. The molecule has 1 aliphatic carbocycles. The zero-order valence-corrected chi connectivity index (χ0v) is 8.98. The van der Waals surface area contributed by atoms with Gasteiger partial charge in [0.15, 0.2) is 0 Å². The molecule has 0 bridgehead atoms. The van der Waals surface area contributed by atoms with E-state index in [9.17, 15) is 9.59 Å². The van der Waals surface area contributed by atoms with E-state index in [0.29, 0.717) is 18.9 Å². The number of piperidine rings is 1. The summed E-state index contributed by atoms with van der Waals surface area (Å²) in [6, 6.07) is -0.582. The molecule has 15 heavy (non-hydrogen) atoms. The van der Waals surface area contributed by atoms with Crippen molar-refractivity contribution in [2.45, 2.75) is 38.6 Å². The second-order valence-corrected chi connectivity index (χ2v) is 4.79. The van der Waals surface area contributed by atoms with Gasteiger partial charge >= 0.3 is 5.97 Å². The number of carbonyl (C=O) groups excluding carboxylic acids is 1. The molecular formula is C11H17NO3. The Labute approximate surface area is 89.3 Å². The van der Waals surface area contributed by atoms with Crippen molar-refractivity contribution < 1.29 is 14.7 Å². The number of hydrogen-bond donors (Lipinski definition) is 1. The molecule has 2 unspecified atom stereocenters. The molecule has 84 valence electrons. The maximum atomic E-state index is 11.8. The summed E-state index contributed by atoms with van der Waals surface area (Å²) in [6.45, 7) is 2.67. The minimum absolute atomic E-state index is 0.0642. The Balaban J connectivity index is 2.06. The van der Waals surface area contributed by atoms with E-state index in [4.69, 9.17) is 5.11 Å². The van der Waals surface area contributed by atoms with Crippen LogP contribution >= 0.6 is 0 Å². The number of rotatable bonds is 2. The smallest absolute Gasteiger partial charge is 0.326 e. The van der Waals surface area contributed by atoms with Crippen LogP contribution in [0.1, 0.15) is 32.6 Å². The topological polar surface area (TPSA) is 57.6 Å². The third-order valence-corrected chi connectivity index (χ3v) is 3.36. The predicted molar refractivity (Wildman–Crippen MR) is 54.3 cm³/mol. The van der Waals surface area contributed by atoms with Crippen molar-refractivity contribution in [1.82, 2.24) is 4.90 Å². The average molecular weight is 211 g/mol. The number of nitrogens with zero attached hydrogens (tertiary/aromatic N) is 1. The van der Waals surface area contributed by atoms with Gasteiger partial charge in [0.05, 0.1) is 0 Å². The fraction of sp³-hybridized carbons (Fsp3) is 0.818. The van der Waals surface area contributed by atoms with Crippen LogP contribution in [0.25, 0.3) is 0 Å². The van der Waals surface area contributed by atoms with Crippen molar-refractivity contribution in [3.8, 4) is 0 Å². The van der Waals surface area contributed by atoms with Crippen LogP contribution in [0.4, 0.5) is 0 Å². The third kappa shape index (κ3) is 2.13. The van der Waals surface area contributed by atoms with Crippen molar-refractivity contribution in [2.75, 3.05) is 6.54 Å². The van der Waals surface area contributed by atoms with Gasteiger partial charge in [-0.05, 0) is 31.6 Å². The molecule has 0 aromatic heterocycles. The van der Waals surface area contributed by atoms with Crippen molar-refractivity contribution in [3.63, 3.8) is 0 Å². The molecule has 2 rings (SSSR count). The van der Waals surface area contributed by atoms with Gasteiger partial charge in [0, 0.05) is 12.5 Å². The Morgan fingerprint density at radius 2 is 1.93 bits per heavy atom. The summed E-state index contributed by atoms with van der Waals surface area (Å²) < 4.78 is 0. The summed E-state index contributed by atoms with van der Waals surface area (Å²) >= 11 is 0. The van der Waals surface area contributed by atoms with Gasteiger partial charge in [-0.15, -0.1) is 0 Å². The first-order valence-electron chi connectivity index (χ1n) is 5.63. The summed E-state index contributed by atoms with van der Waals surface area (Å²) in [5, 5.41) is 9.08. The molecule has 4 heteroatoms. The van der Waals surface area contributed by atoms with E-state index in [-0.39, 0.29) is 11.8 Å². The highest BCUT2D eigenvalue weighted by atomic mass is 16.4. The molecule has 1 saturated heterocycles.